The van der Waals surface area contributed by atoms with Crippen molar-refractivity contribution in [3.63, 3.8) is 0 Å². The van der Waals surface area contributed by atoms with E-state index in [9.17, 15) is 12.3 Å². The molecule has 0 radical (unpaired) electrons. The molecule has 1 aliphatic heterocycles. The second-order valence-corrected chi connectivity index (χ2v) is 11.7. The molecule has 206 valence electrons. The number of anilines is 4. The van der Waals surface area contributed by atoms with Gasteiger partial charge in [-0.3, -0.25) is 0 Å². The van der Waals surface area contributed by atoms with Crippen LogP contribution in [0, 0.1) is 0 Å². The summed E-state index contributed by atoms with van der Waals surface area (Å²) in [6.07, 6.45) is 2.38. The molecule has 1 aromatic heterocycles. The average Bonchev–Trinajstić information content (AvgIpc) is 2.81. The largest absolute Gasteiger partial charge is 0.495 e. The van der Waals surface area contributed by atoms with Crippen molar-refractivity contribution in [1.29, 1.82) is 0 Å². The molecule has 0 aliphatic carbocycles. The van der Waals surface area contributed by atoms with Crippen molar-refractivity contribution in [3.8, 4) is 17.2 Å². The van der Waals surface area contributed by atoms with Crippen LogP contribution in [0.5, 0.6) is 17.2 Å². The molecule has 1 unspecified atom stereocenters. The SMILES string of the molecule is COc1cc2c(cc1Nc1ncc(Cl)c(Nc3ccc(OS(=O)(=O)F)cc3OP(C)C)n1)CN(C)CC2.P. The van der Waals surface area contributed by atoms with Crippen LogP contribution in [0.2, 0.25) is 5.02 Å². The Morgan fingerprint density at radius 1 is 1.11 bits per heavy atom. The predicted molar refractivity (Wildman–Crippen MR) is 154 cm³/mol. The number of hydrogen-bond acceptors (Lipinski definition) is 10. The lowest BCUT2D eigenvalue weighted by Gasteiger charge is -2.26. The van der Waals surface area contributed by atoms with Crippen LogP contribution in [0.4, 0.5) is 27.0 Å². The Morgan fingerprint density at radius 2 is 1.87 bits per heavy atom. The van der Waals surface area contributed by atoms with E-state index in [1.54, 1.807) is 7.11 Å². The molecule has 0 spiro atoms. The molecule has 3 aromatic rings. The van der Waals surface area contributed by atoms with E-state index in [1.807, 2.05) is 25.5 Å². The van der Waals surface area contributed by atoms with E-state index in [0.717, 1.165) is 19.5 Å². The molecule has 1 aliphatic rings. The minimum absolute atomic E-state index is 0. The van der Waals surface area contributed by atoms with Crippen molar-refractivity contribution in [3.05, 3.63) is 52.7 Å². The summed E-state index contributed by atoms with van der Waals surface area (Å²) in [6.45, 7) is 5.51. The van der Waals surface area contributed by atoms with E-state index in [4.69, 9.17) is 20.9 Å². The van der Waals surface area contributed by atoms with Crippen LogP contribution in [-0.4, -0.2) is 57.3 Å². The quantitative estimate of drug-likeness (QED) is 0.247. The first-order valence-corrected chi connectivity index (χ1v) is 14.9. The number of aromatic nitrogens is 2. The van der Waals surface area contributed by atoms with E-state index in [-0.39, 0.29) is 38.2 Å². The van der Waals surface area contributed by atoms with Gasteiger partial charge in [-0.05, 0) is 62.2 Å². The van der Waals surface area contributed by atoms with Crippen molar-refractivity contribution in [2.75, 3.05) is 44.7 Å². The molecule has 38 heavy (non-hydrogen) atoms. The summed E-state index contributed by atoms with van der Waals surface area (Å²) in [4.78, 5) is 11.0. The number of fused-ring (bicyclic) bond motifs is 1. The number of likely N-dealkylation sites (N-methyl/N-ethyl adjacent to an activating group) is 1. The van der Waals surface area contributed by atoms with Gasteiger partial charge in [0.15, 0.2) is 5.82 Å². The van der Waals surface area contributed by atoms with Crippen molar-refractivity contribution in [2.24, 2.45) is 0 Å². The highest BCUT2D eigenvalue weighted by Gasteiger charge is 2.19. The summed E-state index contributed by atoms with van der Waals surface area (Å²) >= 11 is 6.36. The second-order valence-electron chi connectivity index (χ2n) is 8.49. The van der Waals surface area contributed by atoms with Crippen molar-refractivity contribution < 1.29 is 25.7 Å². The minimum Gasteiger partial charge on any atom is -0.495 e. The first-order valence-electron chi connectivity index (χ1n) is 11.1. The Hall–Kier alpha value is -2.49. The number of nitrogens with zero attached hydrogens (tertiary/aromatic N) is 3. The molecule has 0 amide bonds. The Labute approximate surface area is 231 Å². The number of rotatable bonds is 9. The molecular weight excluding hydrogens is 575 g/mol. The fourth-order valence-electron chi connectivity index (χ4n) is 3.80. The highest BCUT2D eigenvalue weighted by atomic mass is 35.5. The molecule has 10 nitrogen and oxygen atoms in total. The molecule has 15 heteroatoms. The highest BCUT2D eigenvalue weighted by Crippen LogP contribution is 2.40. The normalized spacial score (nSPS) is 13.3. The molecule has 2 heterocycles. The monoisotopic (exact) mass is 603 g/mol. The summed E-state index contributed by atoms with van der Waals surface area (Å²) < 4.78 is 50.5. The van der Waals surface area contributed by atoms with Crippen LogP contribution in [-0.2, 0) is 23.5 Å². The fraction of sp³-hybridized carbons (Fsp3) is 0.304. The first kappa shape index (κ1) is 30.1. The number of hydrogen-bond donors (Lipinski definition) is 2. The van der Waals surface area contributed by atoms with Gasteiger partial charge >= 0.3 is 10.5 Å². The zero-order valence-electron chi connectivity index (χ0n) is 21.3. The molecule has 0 fully saturated rings. The van der Waals surface area contributed by atoms with Gasteiger partial charge in [0.1, 0.15) is 22.3 Å². The van der Waals surface area contributed by atoms with Gasteiger partial charge in [-0.15, -0.1) is 0 Å². The van der Waals surface area contributed by atoms with Crippen LogP contribution >= 0.6 is 29.6 Å². The first-order chi connectivity index (χ1) is 17.5. The standard InChI is InChI=1S/C23H26ClFN5O5PS.H3P/c1-30-8-7-14-10-20(33-2)19(9-15(14)13-30)28-23-26-12-17(24)22(29-23)27-18-6-5-16(35-37(25,31)32)11-21(18)34-36(3)4;/h5-6,9-12H,7-8,13H2,1-4H3,(H2,26,27,28,29);1H3. The van der Waals surface area contributed by atoms with E-state index in [1.165, 1.54) is 35.5 Å². The number of methoxy groups -OCH3 is 1. The molecular formula is C23H29ClFN5O5P2S. The lowest BCUT2D eigenvalue weighted by molar-refractivity contribution is 0.312. The lowest BCUT2D eigenvalue weighted by atomic mass is 9.99. The number of halogens is 2. The third kappa shape index (κ3) is 7.77. The summed E-state index contributed by atoms with van der Waals surface area (Å²) in [6, 6.07) is 8.08. The van der Waals surface area contributed by atoms with Crippen molar-refractivity contribution in [1.82, 2.24) is 14.9 Å². The average molecular weight is 604 g/mol. The third-order valence-electron chi connectivity index (χ3n) is 5.40. The van der Waals surface area contributed by atoms with Gasteiger partial charge < -0.3 is 29.0 Å². The molecule has 4 rings (SSSR count). The van der Waals surface area contributed by atoms with Crippen molar-refractivity contribution in [2.45, 2.75) is 13.0 Å². The third-order valence-corrected chi connectivity index (χ3v) is 6.63. The van der Waals surface area contributed by atoms with Gasteiger partial charge in [-0.2, -0.15) is 23.3 Å². The topological polar surface area (TPSA) is 115 Å². The maximum Gasteiger partial charge on any atom is 0.488 e. The molecule has 1 atom stereocenters. The predicted octanol–water partition coefficient (Wildman–Crippen LogP) is 5.30. The van der Waals surface area contributed by atoms with Crippen LogP contribution in [0.15, 0.2) is 36.5 Å². The molecule has 0 saturated heterocycles. The zero-order chi connectivity index (χ0) is 26.7. The smallest absolute Gasteiger partial charge is 0.488 e. The van der Waals surface area contributed by atoms with Gasteiger partial charge in [-0.1, -0.05) is 15.5 Å². The van der Waals surface area contributed by atoms with E-state index < -0.39 is 18.7 Å². The number of benzene rings is 2. The Kier molecular flexibility index (Phi) is 9.95. The molecule has 0 saturated carbocycles. The van der Waals surface area contributed by atoms with Gasteiger partial charge in [0, 0.05) is 19.2 Å². The van der Waals surface area contributed by atoms with Gasteiger partial charge in [0.25, 0.3) is 0 Å². The molecule has 2 N–H and O–H groups in total. The zero-order valence-corrected chi connectivity index (χ0v) is 25.2. The van der Waals surface area contributed by atoms with E-state index in [0.29, 0.717) is 17.1 Å². The highest BCUT2D eigenvalue weighted by molar-refractivity contribution is 7.81. The Morgan fingerprint density at radius 3 is 2.55 bits per heavy atom. The fourth-order valence-corrected chi connectivity index (χ4v) is 4.82. The molecule has 2 aromatic carbocycles. The lowest BCUT2D eigenvalue weighted by Crippen LogP contribution is -2.26. The molecule has 0 bridgehead atoms. The summed E-state index contributed by atoms with van der Waals surface area (Å²) in [5.41, 5.74) is 3.57. The van der Waals surface area contributed by atoms with Crippen LogP contribution in [0.1, 0.15) is 11.1 Å². The van der Waals surface area contributed by atoms with Gasteiger partial charge in [0.05, 0.1) is 32.8 Å². The Balaban J connectivity index is 0.00000400. The minimum atomic E-state index is -5.18. The maximum absolute atomic E-state index is 13.0. The van der Waals surface area contributed by atoms with Crippen molar-refractivity contribution >= 4 is 63.3 Å². The van der Waals surface area contributed by atoms with E-state index >= 15 is 0 Å². The van der Waals surface area contributed by atoms with Gasteiger partial charge in [0.2, 0.25) is 5.95 Å². The van der Waals surface area contributed by atoms with Crippen LogP contribution < -0.4 is 24.1 Å². The second kappa shape index (κ2) is 12.6. The van der Waals surface area contributed by atoms with Crippen LogP contribution in [0.25, 0.3) is 0 Å². The van der Waals surface area contributed by atoms with Gasteiger partial charge in [-0.25, -0.2) is 4.98 Å². The maximum atomic E-state index is 13.0. The van der Waals surface area contributed by atoms with Crippen LogP contribution in [0.3, 0.4) is 0 Å². The van der Waals surface area contributed by atoms with E-state index in [2.05, 4.69) is 36.7 Å². The summed E-state index contributed by atoms with van der Waals surface area (Å²) in [5.74, 6) is 1.21. The summed E-state index contributed by atoms with van der Waals surface area (Å²) in [7, 11) is -2.41. The Bertz CT molecular complexity index is 1420. The number of ether oxygens (including phenoxy) is 1. The number of nitrogens with one attached hydrogen (secondary N) is 2. The summed E-state index contributed by atoms with van der Waals surface area (Å²) in [5, 5.41) is 6.51.